The molecule has 37 heavy (non-hydrogen) atoms. The third-order valence-electron chi connectivity index (χ3n) is 6.94. The van der Waals surface area contributed by atoms with Crippen LogP contribution in [0.3, 0.4) is 0 Å². The highest BCUT2D eigenvalue weighted by Gasteiger charge is 2.50. The highest BCUT2D eigenvalue weighted by molar-refractivity contribution is 6.34. The van der Waals surface area contributed by atoms with Gasteiger partial charge < -0.3 is 25.2 Å². The van der Waals surface area contributed by atoms with E-state index in [0.29, 0.717) is 5.56 Å². The van der Waals surface area contributed by atoms with Gasteiger partial charge in [-0.1, -0.05) is 41.9 Å². The van der Waals surface area contributed by atoms with Crippen LogP contribution in [0.15, 0.2) is 42.6 Å². The van der Waals surface area contributed by atoms with Crippen molar-refractivity contribution in [2.75, 3.05) is 26.8 Å². The van der Waals surface area contributed by atoms with Gasteiger partial charge in [0.05, 0.1) is 23.2 Å². The molecule has 1 aromatic heterocycles. The van der Waals surface area contributed by atoms with Crippen molar-refractivity contribution in [2.45, 2.75) is 30.9 Å². The minimum absolute atomic E-state index is 0.0137. The Morgan fingerprint density at radius 2 is 2.11 bits per heavy atom. The minimum Gasteiger partial charge on any atom is -0.480 e. The number of amides is 1. The third-order valence-corrected chi connectivity index (χ3v) is 7.31. The van der Waals surface area contributed by atoms with Crippen LogP contribution in [0.5, 0.6) is 11.6 Å². The number of fused-ring (bicyclic) bond motifs is 1. The number of halogens is 3. The van der Waals surface area contributed by atoms with E-state index in [2.05, 4.69) is 15.6 Å². The fraction of sp³-hybridized carbons (Fsp3) is 0.333. The number of aliphatic hydroxyl groups is 1. The zero-order valence-corrected chi connectivity index (χ0v) is 20.9. The van der Waals surface area contributed by atoms with Gasteiger partial charge in [-0.3, -0.25) is 4.79 Å². The molecule has 7 nitrogen and oxygen atoms in total. The Balaban J connectivity index is 1.75. The second kappa shape index (κ2) is 10.2. The number of nitrogens with one attached hydrogen (secondary N) is 2. The molecule has 0 saturated carbocycles. The number of hydrogen-bond donors (Lipinski definition) is 3. The maximum atomic E-state index is 16.0. The minimum atomic E-state index is -0.986. The predicted octanol–water partition coefficient (Wildman–Crippen LogP) is 3.99. The molecule has 2 aliphatic heterocycles. The van der Waals surface area contributed by atoms with Crippen molar-refractivity contribution >= 4 is 17.5 Å². The number of nitrogens with zero attached hydrogens (tertiary/aromatic N) is 1. The van der Waals surface area contributed by atoms with Gasteiger partial charge in [0, 0.05) is 42.4 Å². The van der Waals surface area contributed by atoms with Crippen molar-refractivity contribution in [3.8, 4) is 22.8 Å². The zero-order chi connectivity index (χ0) is 26.2. The van der Waals surface area contributed by atoms with E-state index in [1.807, 2.05) is 30.3 Å². The summed E-state index contributed by atoms with van der Waals surface area (Å²) < 4.78 is 43.0. The lowest BCUT2D eigenvalue weighted by atomic mass is 9.80. The Bertz CT molecular complexity index is 1340. The Labute approximate surface area is 217 Å². The Kier molecular flexibility index (Phi) is 7.02. The number of aromatic nitrogens is 1. The number of aliphatic hydroxyl groups excluding tert-OH is 1. The highest BCUT2D eigenvalue weighted by Crippen LogP contribution is 2.52. The number of pyridine rings is 1. The average Bonchev–Trinajstić information content (AvgIpc) is 3.58. The number of benzene rings is 2. The molecule has 2 aliphatic rings. The summed E-state index contributed by atoms with van der Waals surface area (Å²) in [6, 6.07) is 10.7. The van der Waals surface area contributed by atoms with Crippen molar-refractivity contribution < 1.29 is 28.2 Å². The summed E-state index contributed by atoms with van der Waals surface area (Å²) in [6.45, 7) is 0.225. The standard InChI is InChI=1S/C27H26ClF2N3O4/c1-31-25(35)17-14-33-26(36-11-10-34)24(30)22(17)21-16-13-27(20-8-5-9-32-20,15-6-3-2-4-7-15)37-19(16)12-18(29)23(21)28/h2-4,6-7,12,14,20,32,34H,5,8-11,13H2,1H3,(H,31,35). The van der Waals surface area contributed by atoms with Crippen molar-refractivity contribution in [1.82, 2.24) is 15.6 Å². The Morgan fingerprint density at radius 3 is 2.78 bits per heavy atom. The molecule has 2 unspecified atom stereocenters. The van der Waals surface area contributed by atoms with E-state index in [1.165, 1.54) is 13.1 Å². The maximum Gasteiger partial charge on any atom is 0.253 e. The molecular weight excluding hydrogens is 504 g/mol. The summed E-state index contributed by atoms with van der Waals surface area (Å²) in [6.07, 6.45) is 3.20. The van der Waals surface area contributed by atoms with Crippen LogP contribution in [-0.4, -0.2) is 48.8 Å². The van der Waals surface area contributed by atoms with Crippen LogP contribution in [0.4, 0.5) is 8.78 Å². The summed E-state index contributed by atoms with van der Waals surface area (Å²) in [5.41, 5.74) is 0.116. The molecule has 1 saturated heterocycles. The lowest BCUT2D eigenvalue weighted by molar-refractivity contribution is 0.0539. The molecule has 5 rings (SSSR count). The Hall–Kier alpha value is -3.27. The summed E-state index contributed by atoms with van der Waals surface area (Å²) in [7, 11) is 1.40. The molecule has 0 radical (unpaired) electrons. The molecule has 3 N–H and O–H groups in total. The van der Waals surface area contributed by atoms with Gasteiger partial charge in [0.1, 0.15) is 18.2 Å². The van der Waals surface area contributed by atoms with E-state index in [4.69, 9.17) is 26.2 Å². The molecule has 1 amide bonds. The molecule has 10 heteroatoms. The van der Waals surface area contributed by atoms with E-state index >= 15 is 8.78 Å². The molecular formula is C27H26ClF2N3O4. The molecule has 0 bridgehead atoms. The molecule has 0 spiro atoms. The van der Waals surface area contributed by atoms with Gasteiger partial charge in [0.25, 0.3) is 11.8 Å². The molecule has 0 aliphatic carbocycles. The monoisotopic (exact) mass is 529 g/mol. The van der Waals surface area contributed by atoms with Crippen LogP contribution in [0.25, 0.3) is 11.1 Å². The number of carbonyl (C=O) groups is 1. The van der Waals surface area contributed by atoms with Gasteiger partial charge in [-0.15, -0.1) is 0 Å². The summed E-state index contributed by atoms with van der Waals surface area (Å²) in [5.74, 6) is -2.63. The maximum absolute atomic E-state index is 16.0. The number of ether oxygens (including phenoxy) is 2. The van der Waals surface area contributed by atoms with Crippen LogP contribution < -0.4 is 20.1 Å². The summed E-state index contributed by atoms with van der Waals surface area (Å²) >= 11 is 6.51. The number of hydrogen-bond acceptors (Lipinski definition) is 6. The highest BCUT2D eigenvalue weighted by atomic mass is 35.5. The van der Waals surface area contributed by atoms with Gasteiger partial charge in [-0.25, -0.2) is 13.8 Å². The topological polar surface area (TPSA) is 92.7 Å². The van der Waals surface area contributed by atoms with Crippen molar-refractivity contribution in [2.24, 2.45) is 0 Å². The van der Waals surface area contributed by atoms with Crippen molar-refractivity contribution in [3.05, 3.63) is 75.9 Å². The lowest BCUT2D eigenvalue weighted by Gasteiger charge is -2.35. The van der Waals surface area contributed by atoms with Crippen LogP contribution in [-0.2, 0) is 12.0 Å². The molecule has 3 heterocycles. The van der Waals surface area contributed by atoms with E-state index in [0.717, 1.165) is 31.1 Å². The van der Waals surface area contributed by atoms with Crippen LogP contribution in [0.1, 0.15) is 34.3 Å². The first-order valence-corrected chi connectivity index (χ1v) is 12.4. The quantitative estimate of drug-likeness (QED) is 0.428. The van der Waals surface area contributed by atoms with Gasteiger partial charge >= 0.3 is 0 Å². The Morgan fingerprint density at radius 1 is 1.32 bits per heavy atom. The summed E-state index contributed by atoms with van der Waals surface area (Å²) in [4.78, 5) is 16.7. The molecule has 3 aromatic rings. The average molecular weight is 530 g/mol. The van der Waals surface area contributed by atoms with Crippen molar-refractivity contribution in [1.29, 1.82) is 0 Å². The van der Waals surface area contributed by atoms with E-state index < -0.39 is 29.0 Å². The fourth-order valence-corrected chi connectivity index (χ4v) is 5.55. The van der Waals surface area contributed by atoms with Crippen LogP contribution in [0, 0.1) is 11.6 Å². The second-order valence-electron chi connectivity index (χ2n) is 9.02. The number of carbonyl (C=O) groups excluding carboxylic acids is 1. The van der Waals surface area contributed by atoms with Gasteiger partial charge in [-0.05, 0) is 24.9 Å². The van der Waals surface area contributed by atoms with Crippen LogP contribution in [0.2, 0.25) is 5.02 Å². The first kappa shape index (κ1) is 25.4. The SMILES string of the molecule is CNC(=O)c1cnc(OCCO)c(F)c1-c1c(Cl)c(F)cc2c1CC(c1ccccc1)(C1CCCN1)O2. The van der Waals surface area contributed by atoms with Gasteiger partial charge in [0.2, 0.25) is 0 Å². The summed E-state index contributed by atoms with van der Waals surface area (Å²) in [5, 5.41) is 14.8. The zero-order valence-electron chi connectivity index (χ0n) is 20.1. The lowest BCUT2D eigenvalue weighted by Crippen LogP contribution is -2.48. The molecule has 1 fully saturated rings. The normalized spacial score (nSPS) is 20.4. The largest absolute Gasteiger partial charge is 0.480 e. The predicted molar refractivity (Wildman–Crippen MR) is 134 cm³/mol. The van der Waals surface area contributed by atoms with E-state index in [9.17, 15) is 4.79 Å². The molecule has 2 atom stereocenters. The third kappa shape index (κ3) is 4.31. The fourth-order valence-electron chi connectivity index (χ4n) is 5.29. The first-order chi connectivity index (χ1) is 17.9. The van der Waals surface area contributed by atoms with E-state index in [-0.39, 0.29) is 53.1 Å². The smallest absolute Gasteiger partial charge is 0.253 e. The second-order valence-corrected chi connectivity index (χ2v) is 9.40. The van der Waals surface area contributed by atoms with Gasteiger partial charge in [0.15, 0.2) is 11.4 Å². The van der Waals surface area contributed by atoms with Gasteiger partial charge in [-0.2, -0.15) is 0 Å². The number of rotatable bonds is 7. The molecule has 194 valence electrons. The van der Waals surface area contributed by atoms with E-state index in [1.54, 1.807) is 0 Å². The first-order valence-electron chi connectivity index (χ1n) is 12.0. The van der Waals surface area contributed by atoms with Crippen molar-refractivity contribution in [3.63, 3.8) is 0 Å². The van der Waals surface area contributed by atoms with Crippen LogP contribution >= 0.6 is 11.6 Å². The molecule has 2 aromatic carbocycles.